The molecule has 0 radical (unpaired) electrons. The van der Waals surface area contributed by atoms with Crippen molar-refractivity contribution in [1.29, 1.82) is 0 Å². The molecule has 0 saturated heterocycles. The number of nitrogens with one attached hydrogen (secondary N) is 1. The number of ether oxygens (including phenoxy) is 1. The van der Waals surface area contributed by atoms with Crippen molar-refractivity contribution in [1.82, 2.24) is 15.1 Å². The van der Waals surface area contributed by atoms with Crippen molar-refractivity contribution in [2.24, 2.45) is 0 Å². The Morgan fingerprint density at radius 3 is 2.94 bits per heavy atom. The first-order valence-electron chi connectivity index (χ1n) is 5.72. The predicted molar refractivity (Wildman–Crippen MR) is 74.8 cm³/mol. The molecule has 0 aliphatic rings. The van der Waals surface area contributed by atoms with Crippen LogP contribution in [0.15, 0.2) is 34.9 Å². The largest absolute Gasteiger partial charge is 0.496 e. The molecular weight excluding hydrogens is 294 g/mol. The van der Waals surface area contributed by atoms with Crippen molar-refractivity contribution < 1.29 is 4.74 Å². The third kappa shape index (κ3) is 3.11. The quantitative estimate of drug-likeness (QED) is 0.922. The topological polar surface area (TPSA) is 39.1 Å². The first-order chi connectivity index (χ1) is 8.72. The zero-order valence-corrected chi connectivity index (χ0v) is 12.1. The molecule has 0 unspecified atom stereocenters. The number of hydrogen-bond acceptors (Lipinski definition) is 3. The molecule has 0 aliphatic carbocycles. The van der Waals surface area contributed by atoms with Crippen LogP contribution < -0.4 is 10.1 Å². The van der Waals surface area contributed by atoms with Crippen molar-refractivity contribution in [2.75, 3.05) is 14.2 Å². The van der Waals surface area contributed by atoms with E-state index in [4.69, 9.17) is 4.74 Å². The first-order valence-corrected chi connectivity index (χ1v) is 6.51. The number of aromatic nitrogens is 2. The van der Waals surface area contributed by atoms with Gasteiger partial charge in [-0.15, -0.1) is 0 Å². The van der Waals surface area contributed by atoms with E-state index in [1.807, 2.05) is 36.1 Å². The molecule has 0 aliphatic heterocycles. The van der Waals surface area contributed by atoms with E-state index in [1.54, 1.807) is 7.11 Å². The maximum absolute atomic E-state index is 5.35. The SMILES string of the molecule is CNCc1ccn(Cc2cc(Br)ccc2OC)n1. The fourth-order valence-corrected chi connectivity index (χ4v) is 2.22. The molecule has 0 amide bonds. The molecule has 1 N–H and O–H groups in total. The highest BCUT2D eigenvalue weighted by atomic mass is 79.9. The summed E-state index contributed by atoms with van der Waals surface area (Å²) >= 11 is 3.47. The van der Waals surface area contributed by atoms with Gasteiger partial charge < -0.3 is 10.1 Å². The summed E-state index contributed by atoms with van der Waals surface area (Å²) in [6.45, 7) is 1.48. The Hall–Kier alpha value is -1.33. The molecule has 0 saturated carbocycles. The van der Waals surface area contributed by atoms with Crippen LogP contribution in [-0.4, -0.2) is 23.9 Å². The van der Waals surface area contributed by atoms with E-state index in [9.17, 15) is 0 Å². The van der Waals surface area contributed by atoms with Crippen LogP contribution >= 0.6 is 15.9 Å². The van der Waals surface area contributed by atoms with Crippen LogP contribution in [0.5, 0.6) is 5.75 Å². The average molecular weight is 310 g/mol. The number of benzene rings is 1. The van der Waals surface area contributed by atoms with E-state index in [0.29, 0.717) is 6.54 Å². The average Bonchev–Trinajstić information content (AvgIpc) is 2.77. The smallest absolute Gasteiger partial charge is 0.124 e. The van der Waals surface area contributed by atoms with Gasteiger partial charge in [0.1, 0.15) is 5.75 Å². The monoisotopic (exact) mass is 309 g/mol. The maximum atomic E-state index is 5.35. The van der Waals surface area contributed by atoms with Gasteiger partial charge in [-0.25, -0.2) is 0 Å². The molecule has 2 aromatic rings. The lowest BCUT2D eigenvalue weighted by molar-refractivity contribution is 0.407. The van der Waals surface area contributed by atoms with E-state index >= 15 is 0 Å². The van der Waals surface area contributed by atoms with Crippen molar-refractivity contribution in [3.8, 4) is 5.75 Å². The van der Waals surface area contributed by atoms with Crippen LogP contribution in [0.25, 0.3) is 0 Å². The second kappa shape index (κ2) is 6.02. The van der Waals surface area contributed by atoms with Gasteiger partial charge in [-0.3, -0.25) is 4.68 Å². The molecular formula is C13H16BrN3O. The summed E-state index contributed by atoms with van der Waals surface area (Å²) in [6.07, 6.45) is 1.98. The summed E-state index contributed by atoms with van der Waals surface area (Å²) in [7, 11) is 3.60. The number of halogens is 1. The zero-order chi connectivity index (χ0) is 13.0. The molecule has 1 aromatic carbocycles. The summed E-state index contributed by atoms with van der Waals surface area (Å²) in [5.41, 5.74) is 2.14. The minimum absolute atomic E-state index is 0.701. The highest BCUT2D eigenvalue weighted by Gasteiger charge is 2.06. The number of methoxy groups -OCH3 is 1. The normalized spacial score (nSPS) is 10.6. The number of hydrogen-bond donors (Lipinski definition) is 1. The van der Waals surface area contributed by atoms with Gasteiger partial charge in [0.05, 0.1) is 19.3 Å². The fraction of sp³-hybridized carbons (Fsp3) is 0.308. The molecule has 5 heteroatoms. The number of nitrogens with zero attached hydrogens (tertiary/aromatic N) is 2. The number of rotatable bonds is 5. The van der Waals surface area contributed by atoms with Crippen molar-refractivity contribution >= 4 is 15.9 Å². The third-order valence-electron chi connectivity index (χ3n) is 2.63. The van der Waals surface area contributed by atoms with Crippen LogP contribution in [-0.2, 0) is 13.1 Å². The Labute approximate surface area is 115 Å². The predicted octanol–water partition coefficient (Wildman–Crippen LogP) is 2.42. The molecule has 0 spiro atoms. The van der Waals surface area contributed by atoms with E-state index in [1.165, 1.54) is 0 Å². The highest BCUT2D eigenvalue weighted by molar-refractivity contribution is 9.10. The Kier molecular flexibility index (Phi) is 4.38. The molecule has 0 atom stereocenters. The molecule has 1 aromatic heterocycles. The van der Waals surface area contributed by atoms with E-state index in [-0.39, 0.29) is 0 Å². The lowest BCUT2D eigenvalue weighted by atomic mass is 10.2. The third-order valence-corrected chi connectivity index (χ3v) is 3.12. The van der Waals surface area contributed by atoms with E-state index in [0.717, 1.165) is 28.0 Å². The van der Waals surface area contributed by atoms with Crippen LogP contribution in [0, 0.1) is 0 Å². The van der Waals surface area contributed by atoms with Crippen molar-refractivity contribution in [3.05, 3.63) is 46.2 Å². The fourth-order valence-electron chi connectivity index (χ4n) is 1.81. The van der Waals surface area contributed by atoms with Gasteiger partial charge in [-0.05, 0) is 31.3 Å². The summed E-state index contributed by atoms with van der Waals surface area (Å²) in [5.74, 6) is 0.879. The minimum atomic E-state index is 0.701. The Bertz CT molecular complexity index is 525. The second-order valence-electron chi connectivity index (χ2n) is 3.99. The molecule has 2 rings (SSSR count). The molecule has 0 fully saturated rings. The summed E-state index contributed by atoms with van der Waals surface area (Å²) in [6, 6.07) is 7.99. The first kappa shape index (κ1) is 13.1. The van der Waals surface area contributed by atoms with Gasteiger partial charge in [0, 0.05) is 22.8 Å². The highest BCUT2D eigenvalue weighted by Crippen LogP contribution is 2.23. The van der Waals surface area contributed by atoms with Crippen molar-refractivity contribution in [3.63, 3.8) is 0 Å². The van der Waals surface area contributed by atoms with Crippen LogP contribution in [0.3, 0.4) is 0 Å². The summed E-state index contributed by atoms with van der Waals surface area (Å²) in [4.78, 5) is 0. The van der Waals surface area contributed by atoms with Crippen molar-refractivity contribution in [2.45, 2.75) is 13.1 Å². The maximum Gasteiger partial charge on any atom is 0.124 e. The van der Waals surface area contributed by atoms with Gasteiger partial charge in [0.15, 0.2) is 0 Å². The Balaban J connectivity index is 2.19. The molecule has 96 valence electrons. The molecule has 4 nitrogen and oxygen atoms in total. The lowest BCUT2D eigenvalue weighted by Gasteiger charge is -2.09. The van der Waals surface area contributed by atoms with Gasteiger partial charge in [-0.2, -0.15) is 5.10 Å². The van der Waals surface area contributed by atoms with E-state index in [2.05, 4.69) is 32.4 Å². The van der Waals surface area contributed by atoms with Crippen LogP contribution in [0.4, 0.5) is 0 Å². The molecule has 0 bridgehead atoms. The lowest BCUT2D eigenvalue weighted by Crippen LogP contribution is -2.07. The summed E-state index contributed by atoms with van der Waals surface area (Å²) < 4.78 is 8.31. The Morgan fingerprint density at radius 2 is 2.22 bits per heavy atom. The van der Waals surface area contributed by atoms with E-state index < -0.39 is 0 Å². The zero-order valence-electron chi connectivity index (χ0n) is 10.5. The van der Waals surface area contributed by atoms with Crippen LogP contribution in [0.2, 0.25) is 0 Å². The van der Waals surface area contributed by atoms with Crippen LogP contribution in [0.1, 0.15) is 11.3 Å². The minimum Gasteiger partial charge on any atom is -0.496 e. The van der Waals surface area contributed by atoms with Gasteiger partial charge >= 0.3 is 0 Å². The Morgan fingerprint density at radius 1 is 1.39 bits per heavy atom. The second-order valence-corrected chi connectivity index (χ2v) is 4.91. The van der Waals surface area contributed by atoms with Gasteiger partial charge in [-0.1, -0.05) is 15.9 Å². The summed E-state index contributed by atoms with van der Waals surface area (Å²) in [5, 5.41) is 7.57. The molecule has 18 heavy (non-hydrogen) atoms. The van der Waals surface area contributed by atoms with Gasteiger partial charge in [0.25, 0.3) is 0 Å². The van der Waals surface area contributed by atoms with Gasteiger partial charge in [0.2, 0.25) is 0 Å². The molecule has 1 heterocycles. The standard InChI is InChI=1S/C13H16BrN3O/c1-15-8-12-5-6-17(16-12)9-10-7-11(14)3-4-13(10)18-2/h3-7,15H,8-9H2,1-2H3.